The van der Waals surface area contributed by atoms with E-state index in [4.69, 9.17) is 11.6 Å². The van der Waals surface area contributed by atoms with Crippen LogP contribution in [0.1, 0.15) is 10.4 Å². The fourth-order valence-corrected chi connectivity index (χ4v) is 5.01. The first-order valence-electron chi connectivity index (χ1n) is 8.32. The minimum atomic E-state index is -4.26. The van der Waals surface area contributed by atoms with Crippen LogP contribution in [0.4, 0.5) is 11.4 Å². The second kappa shape index (κ2) is 8.34. The number of para-hydroxylation sites is 1. The summed E-state index contributed by atoms with van der Waals surface area (Å²) in [5.74, 6) is -1.45. The third kappa shape index (κ3) is 4.90. The van der Waals surface area contributed by atoms with Crippen molar-refractivity contribution < 1.29 is 26.7 Å². The molecule has 3 rings (SSSR count). The maximum Gasteiger partial charge on any atom is 0.337 e. The Morgan fingerprint density at radius 1 is 0.767 bits per heavy atom. The van der Waals surface area contributed by atoms with E-state index in [1.54, 1.807) is 30.3 Å². The molecular formula is C19H15ClN2O6S2. The molecule has 0 aromatic heterocycles. The van der Waals surface area contributed by atoms with Gasteiger partial charge in [0.15, 0.2) is 0 Å². The summed E-state index contributed by atoms with van der Waals surface area (Å²) < 4.78 is 54.8. The Kier molecular flexibility index (Phi) is 6.01. The second-order valence-electron chi connectivity index (χ2n) is 6.05. The molecule has 3 aromatic rings. The number of carbonyl (C=O) groups is 1. The number of carboxylic acids is 1. The van der Waals surface area contributed by atoms with E-state index in [-0.39, 0.29) is 15.6 Å². The Morgan fingerprint density at radius 3 is 1.93 bits per heavy atom. The van der Waals surface area contributed by atoms with E-state index in [0.717, 1.165) is 12.1 Å². The Bertz CT molecular complexity index is 1290. The zero-order valence-electron chi connectivity index (χ0n) is 15.1. The smallest absolute Gasteiger partial charge is 0.337 e. The molecule has 3 aromatic carbocycles. The standard InChI is InChI=1S/C19H15ClN2O6S2/c20-13-6-11-18(17(12-13)19(23)24)30(27,28)22-15-7-9-16(10-8-15)29(25,26)21-14-4-2-1-3-5-14/h1-12,21-22H,(H,23,24). The van der Waals surface area contributed by atoms with Gasteiger partial charge in [0.1, 0.15) is 4.90 Å². The summed E-state index contributed by atoms with van der Waals surface area (Å²) in [6.07, 6.45) is 0. The summed E-state index contributed by atoms with van der Waals surface area (Å²) in [5.41, 5.74) is -0.0487. The predicted octanol–water partition coefficient (Wildman–Crippen LogP) is 3.64. The average molecular weight is 467 g/mol. The fraction of sp³-hybridized carbons (Fsp3) is 0. The normalized spacial score (nSPS) is 11.6. The Morgan fingerprint density at radius 2 is 1.33 bits per heavy atom. The number of hydrogen-bond acceptors (Lipinski definition) is 5. The summed E-state index contributed by atoms with van der Waals surface area (Å²) in [5, 5.41) is 9.32. The molecular weight excluding hydrogens is 452 g/mol. The molecule has 0 aliphatic heterocycles. The van der Waals surface area contributed by atoms with Crippen molar-refractivity contribution in [2.75, 3.05) is 9.44 Å². The number of anilines is 2. The minimum Gasteiger partial charge on any atom is -0.478 e. The van der Waals surface area contributed by atoms with Crippen LogP contribution in [-0.2, 0) is 20.0 Å². The van der Waals surface area contributed by atoms with E-state index in [9.17, 15) is 26.7 Å². The first-order chi connectivity index (χ1) is 14.1. The molecule has 0 unspecified atom stereocenters. The number of benzene rings is 3. The molecule has 30 heavy (non-hydrogen) atoms. The molecule has 0 bridgehead atoms. The molecule has 156 valence electrons. The number of aromatic carboxylic acids is 1. The van der Waals surface area contributed by atoms with E-state index in [0.29, 0.717) is 5.69 Å². The van der Waals surface area contributed by atoms with Crippen molar-refractivity contribution in [2.45, 2.75) is 9.79 Å². The predicted molar refractivity (Wildman–Crippen MR) is 113 cm³/mol. The summed E-state index contributed by atoms with van der Waals surface area (Å²) in [4.78, 5) is 10.8. The van der Waals surface area contributed by atoms with Crippen LogP contribution in [0.15, 0.2) is 82.6 Å². The molecule has 0 saturated heterocycles. The maximum absolute atomic E-state index is 12.6. The molecule has 3 N–H and O–H groups in total. The number of halogens is 1. The van der Waals surface area contributed by atoms with Gasteiger partial charge >= 0.3 is 5.97 Å². The number of nitrogens with one attached hydrogen (secondary N) is 2. The molecule has 0 aliphatic rings. The highest BCUT2D eigenvalue weighted by atomic mass is 35.5. The quantitative estimate of drug-likeness (QED) is 0.487. The molecule has 0 aliphatic carbocycles. The lowest BCUT2D eigenvalue weighted by Gasteiger charge is -2.12. The first-order valence-corrected chi connectivity index (χ1v) is 11.7. The first kappa shape index (κ1) is 21.6. The summed E-state index contributed by atoms with van der Waals surface area (Å²) in [7, 11) is -8.13. The molecule has 0 saturated carbocycles. The van der Waals surface area contributed by atoms with Gasteiger partial charge in [-0.05, 0) is 54.6 Å². The lowest BCUT2D eigenvalue weighted by Crippen LogP contribution is -2.17. The van der Waals surface area contributed by atoms with E-state index < -0.39 is 36.5 Å². The highest BCUT2D eigenvalue weighted by Gasteiger charge is 2.23. The maximum atomic E-state index is 12.6. The molecule has 0 spiro atoms. The summed E-state index contributed by atoms with van der Waals surface area (Å²) in [6.45, 7) is 0. The third-order valence-electron chi connectivity index (χ3n) is 3.90. The fourth-order valence-electron chi connectivity index (χ4n) is 2.54. The van der Waals surface area contributed by atoms with Gasteiger partial charge in [0.05, 0.1) is 10.5 Å². The average Bonchev–Trinajstić information content (AvgIpc) is 2.68. The van der Waals surface area contributed by atoms with Gasteiger partial charge < -0.3 is 5.11 Å². The van der Waals surface area contributed by atoms with Gasteiger partial charge in [-0.1, -0.05) is 29.8 Å². The lowest BCUT2D eigenvalue weighted by molar-refractivity contribution is 0.0692. The third-order valence-corrected chi connectivity index (χ3v) is 6.98. The van der Waals surface area contributed by atoms with Crippen LogP contribution in [0.25, 0.3) is 0 Å². The van der Waals surface area contributed by atoms with Gasteiger partial charge in [0, 0.05) is 16.4 Å². The van der Waals surface area contributed by atoms with Crippen LogP contribution in [0.5, 0.6) is 0 Å². The van der Waals surface area contributed by atoms with E-state index in [1.807, 2.05) is 0 Å². The van der Waals surface area contributed by atoms with Crippen molar-refractivity contribution in [1.82, 2.24) is 0 Å². The van der Waals surface area contributed by atoms with Crippen molar-refractivity contribution >= 4 is 49.0 Å². The number of carboxylic acid groups (broad SMARTS) is 1. The van der Waals surface area contributed by atoms with Crippen molar-refractivity contribution in [1.29, 1.82) is 0 Å². The number of hydrogen-bond donors (Lipinski definition) is 3. The zero-order chi connectivity index (χ0) is 21.9. The van der Waals surface area contributed by atoms with Crippen molar-refractivity contribution in [3.8, 4) is 0 Å². The van der Waals surface area contributed by atoms with Crippen molar-refractivity contribution in [3.63, 3.8) is 0 Å². The van der Waals surface area contributed by atoms with Crippen LogP contribution in [-0.4, -0.2) is 27.9 Å². The number of rotatable bonds is 7. The highest BCUT2D eigenvalue weighted by molar-refractivity contribution is 7.93. The Labute approximate surface area is 178 Å². The SMILES string of the molecule is O=C(O)c1cc(Cl)ccc1S(=O)(=O)Nc1ccc(S(=O)(=O)Nc2ccccc2)cc1. The highest BCUT2D eigenvalue weighted by Crippen LogP contribution is 2.24. The molecule has 0 fully saturated rings. The Hall–Kier alpha value is -3.08. The van der Waals surface area contributed by atoms with E-state index >= 15 is 0 Å². The van der Waals surface area contributed by atoms with Gasteiger partial charge in [0.2, 0.25) is 0 Å². The lowest BCUT2D eigenvalue weighted by atomic mass is 10.2. The van der Waals surface area contributed by atoms with Crippen LogP contribution < -0.4 is 9.44 Å². The van der Waals surface area contributed by atoms with Crippen LogP contribution >= 0.6 is 11.6 Å². The topological polar surface area (TPSA) is 130 Å². The molecule has 0 radical (unpaired) electrons. The zero-order valence-corrected chi connectivity index (χ0v) is 17.5. The van der Waals surface area contributed by atoms with Gasteiger partial charge in [-0.3, -0.25) is 9.44 Å². The minimum absolute atomic E-state index is 0.0555. The molecule has 8 nitrogen and oxygen atoms in total. The van der Waals surface area contributed by atoms with E-state index in [2.05, 4.69) is 9.44 Å². The molecule has 0 amide bonds. The second-order valence-corrected chi connectivity index (χ2v) is 9.82. The van der Waals surface area contributed by atoms with E-state index in [1.165, 1.54) is 30.3 Å². The summed E-state index contributed by atoms with van der Waals surface area (Å²) in [6, 6.07) is 16.6. The molecule has 0 atom stereocenters. The monoisotopic (exact) mass is 466 g/mol. The summed E-state index contributed by atoms with van der Waals surface area (Å²) >= 11 is 5.75. The molecule has 11 heteroatoms. The largest absolute Gasteiger partial charge is 0.478 e. The van der Waals surface area contributed by atoms with Gasteiger partial charge in [-0.25, -0.2) is 21.6 Å². The van der Waals surface area contributed by atoms with Gasteiger partial charge in [-0.15, -0.1) is 0 Å². The number of sulfonamides is 2. The molecule has 0 heterocycles. The van der Waals surface area contributed by atoms with Gasteiger partial charge in [-0.2, -0.15) is 0 Å². The van der Waals surface area contributed by atoms with Gasteiger partial charge in [0.25, 0.3) is 20.0 Å². The van der Waals surface area contributed by atoms with Crippen molar-refractivity contribution in [2.24, 2.45) is 0 Å². The van der Waals surface area contributed by atoms with Crippen LogP contribution in [0, 0.1) is 0 Å². The van der Waals surface area contributed by atoms with Crippen molar-refractivity contribution in [3.05, 3.63) is 83.4 Å². The van der Waals surface area contributed by atoms with Crippen LogP contribution in [0.2, 0.25) is 5.02 Å². The Balaban J connectivity index is 1.84. The van der Waals surface area contributed by atoms with Crippen LogP contribution in [0.3, 0.4) is 0 Å².